The lowest BCUT2D eigenvalue weighted by Gasteiger charge is -2.00. The summed E-state index contributed by atoms with van der Waals surface area (Å²) in [6, 6.07) is 0. The third-order valence-corrected chi connectivity index (χ3v) is 2.30. The van der Waals surface area contributed by atoms with Gasteiger partial charge in [0.2, 0.25) is 0 Å². The standard InChI is InChI=1S/C16H26/c1-4-5-6-7-8-9-10-11-12-13-14-15-16(2)3/h4-6,8-9,11-12,16H,1,7,10,13-15H2,2-3H3/b6-5-,9-8-,12-11-. The van der Waals surface area contributed by atoms with Crippen molar-refractivity contribution in [3.63, 3.8) is 0 Å². The Morgan fingerprint density at radius 3 is 2.19 bits per heavy atom. The molecule has 0 aliphatic carbocycles. The zero-order valence-electron chi connectivity index (χ0n) is 10.9. The number of unbranched alkanes of at least 4 members (excludes halogenated alkanes) is 1. The van der Waals surface area contributed by atoms with E-state index in [4.69, 9.17) is 0 Å². The highest BCUT2D eigenvalue weighted by Gasteiger charge is 1.90. The molecule has 0 N–H and O–H groups in total. The molecule has 0 aromatic heterocycles. The molecule has 0 unspecified atom stereocenters. The van der Waals surface area contributed by atoms with Crippen molar-refractivity contribution in [3.05, 3.63) is 49.1 Å². The molecule has 0 amide bonds. The maximum atomic E-state index is 3.63. The molecular weight excluding hydrogens is 192 g/mol. The zero-order valence-corrected chi connectivity index (χ0v) is 10.9. The normalized spacial score (nSPS) is 12.4. The molecule has 0 heterocycles. The highest BCUT2D eigenvalue weighted by molar-refractivity contribution is 5.02. The highest BCUT2D eigenvalue weighted by Crippen LogP contribution is 2.06. The number of hydrogen-bond donors (Lipinski definition) is 0. The van der Waals surface area contributed by atoms with E-state index in [9.17, 15) is 0 Å². The average Bonchev–Trinajstić information content (AvgIpc) is 2.25. The summed E-state index contributed by atoms with van der Waals surface area (Å²) >= 11 is 0. The molecule has 0 nitrogen and oxygen atoms in total. The van der Waals surface area contributed by atoms with E-state index in [1.54, 1.807) is 0 Å². The van der Waals surface area contributed by atoms with E-state index < -0.39 is 0 Å². The predicted molar refractivity (Wildman–Crippen MR) is 75.5 cm³/mol. The lowest BCUT2D eigenvalue weighted by Crippen LogP contribution is -1.84. The van der Waals surface area contributed by atoms with Gasteiger partial charge in [0, 0.05) is 0 Å². The number of hydrogen-bond acceptors (Lipinski definition) is 0. The third kappa shape index (κ3) is 13.0. The minimum atomic E-state index is 0.838. The van der Waals surface area contributed by atoms with Crippen LogP contribution in [-0.2, 0) is 0 Å². The number of allylic oxidation sites excluding steroid dienone is 7. The molecule has 0 spiro atoms. The van der Waals surface area contributed by atoms with E-state index in [1.807, 2.05) is 12.2 Å². The Kier molecular flexibility index (Phi) is 11.2. The molecule has 0 atom stereocenters. The molecule has 0 saturated heterocycles. The minimum absolute atomic E-state index is 0.838. The predicted octanol–water partition coefficient (Wildman–Crippen LogP) is 5.45. The molecule has 0 aromatic rings. The fraction of sp³-hybridized carbons (Fsp3) is 0.500. The quantitative estimate of drug-likeness (QED) is 0.274. The third-order valence-electron chi connectivity index (χ3n) is 2.30. The summed E-state index contributed by atoms with van der Waals surface area (Å²) in [6.45, 7) is 8.19. The van der Waals surface area contributed by atoms with Gasteiger partial charge in [-0.25, -0.2) is 0 Å². The van der Waals surface area contributed by atoms with Crippen LogP contribution in [-0.4, -0.2) is 0 Å². The van der Waals surface area contributed by atoms with Gasteiger partial charge in [-0.3, -0.25) is 0 Å². The molecule has 0 heteroatoms. The van der Waals surface area contributed by atoms with Crippen molar-refractivity contribution in [2.75, 3.05) is 0 Å². The summed E-state index contributed by atoms with van der Waals surface area (Å²) in [5.41, 5.74) is 0. The van der Waals surface area contributed by atoms with Crippen LogP contribution in [0.4, 0.5) is 0 Å². The van der Waals surface area contributed by atoms with Crippen LogP contribution in [0, 0.1) is 5.92 Å². The van der Waals surface area contributed by atoms with Crippen molar-refractivity contribution in [2.24, 2.45) is 5.92 Å². The van der Waals surface area contributed by atoms with Crippen LogP contribution in [0.5, 0.6) is 0 Å². The Labute approximate surface area is 101 Å². The molecule has 90 valence electrons. The Morgan fingerprint density at radius 1 is 0.938 bits per heavy atom. The van der Waals surface area contributed by atoms with Crippen molar-refractivity contribution in [2.45, 2.75) is 46.0 Å². The SMILES string of the molecule is C=C/C=C\C/C=C\C/C=C\CCCC(C)C. The van der Waals surface area contributed by atoms with Crippen LogP contribution in [0.3, 0.4) is 0 Å². The molecule has 0 aromatic carbocycles. The lowest BCUT2D eigenvalue weighted by molar-refractivity contribution is 0.559. The summed E-state index contributed by atoms with van der Waals surface area (Å²) in [5.74, 6) is 0.838. The van der Waals surface area contributed by atoms with Gasteiger partial charge in [0.1, 0.15) is 0 Å². The van der Waals surface area contributed by atoms with Crippen LogP contribution in [0.25, 0.3) is 0 Å². The smallest absolute Gasteiger partial charge is 0.0166 e. The van der Waals surface area contributed by atoms with E-state index in [0.717, 1.165) is 18.8 Å². The molecule has 16 heavy (non-hydrogen) atoms. The van der Waals surface area contributed by atoms with Gasteiger partial charge in [0.15, 0.2) is 0 Å². The minimum Gasteiger partial charge on any atom is -0.0991 e. The molecule has 0 fully saturated rings. The Balaban J connectivity index is 3.33. The van der Waals surface area contributed by atoms with Crippen LogP contribution >= 0.6 is 0 Å². The first-order valence-corrected chi connectivity index (χ1v) is 6.35. The molecule has 0 aliphatic heterocycles. The first kappa shape index (κ1) is 15.0. The van der Waals surface area contributed by atoms with Gasteiger partial charge < -0.3 is 0 Å². The van der Waals surface area contributed by atoms with Gasteiger partial charge in [0.25, 0.3) is 0 Å². The molecule has 0 radical (unpaired) electrons. The summed E-state index contributed by atoms with van der Waals surface area (Å²) < 4.78 is 0. The van der Waals surface area contributed by atoms with Gasteiger partial charge >= 0.3 is 0 Å². The van der Waals surface area contributed by atoms with Crippen molar-refractivity contribution in [3.8, 4) is 0 Å². The van der Waals surface area contributed by atoms with Crippen LogP contribution in [0.1, 0.15) is 46.0 Å². The fourth-order valence-electron chi connectivity index (χ4n) is 1.38. The van der Waals surface area contributed by atoms with Gasteiger partial charge in [-0.15, -0.1) is 0 Å². The Bertz CT molecular complexity index is 228. The van der Waals surface area contributed by atoms with Gasteiger partial charge in [0.05, 0.1) is 0 Å². The second-order valence-corrected chi connectivity index (χ2v) is 4.40. The summed E-state index contributed by atoms with van der Waals surface area (Å²) in [7, 11) is 0. The highest BCUT2D eigenvalue weighted by atomic mass is 14.0. The summed E-state index contributed by atoms with van der Waals surface area (Å²) in [4.78, 5) is 0. The van der Waals surface area contributed by atoms with Gasteiger partial charge in [-0.2, -0.15) is 0 Å². The van der Waals surface area contributed by atoms with Crippen molar-refractivity contribution >= 4 is 0 Å². The first-order valence-electron chi connectivity index (χ1n) is 6.35. The van der Waals surface area contributed by atoms with Crippen molar-refractivity contribution in [1.29, 1.82) is 0 Å². The van der Waals surface area contributed by atoms with Crippen molar-refractivity contribution in [1.82, 2.24) is 0 Å². The molecule has 0 bridgehead atoms. The van der Waals surface area contributed by atoms with Crippen LogP contribution in [0.15, 0.2) is 49.1 Å². The van der Waals surface area contributed by atoms with E-state index in [0.29, 0.717) is 0 Å². The van der Waals surface area contributed by atoms with Crippen molar-refractivity contribution < 1.29 is 0 Å². The number of rotatable bonds is 9. The van der Waals surface area contributed by atoms with Gasteiger partial charge in [-0.1, -0.05) is 69.4 Å². The molecule has 0 aliphatic rings. The summed E-state index contributed by atoms with van der Waals surface area (Å²) in [5, 5.41) is 0. The first-order chi connectivity index (χ1) is 7.77. The van der Waals surface area contributed by atoms with Gasteiger partial charge in [-0.05, 0) is 31.6 Å². The average molecular weight is 218 g/mol. The topological polar surface area (TPSA) is 0 Å². The largest absolute Gasteiger partial charge is 0.0991 e. The zero-order chi connectivity index (χ0) is 12.1. The fourth-order valence-corrected chi connectivity index (χ4v) is 1.38. The second-order valence-electron chi connectivity index (χ2n) is 4.40. The monoisotopic (exact) mass is 218 g/mol. The molecule has 0 saturated carbocycles. The maximum absolute atomic E-state index is 3.63. The summed E-state index contributed by atoms with van der Waals surface area (Å²) in [6.07, 6.45) is 20.8. The van der Waals surface area contributed by atoms with E-state index in [1.165, 1.54) is 19.3 Å². The van der Waals surface area contributed by atoms with Crippen LogP contribution in [0.2, 0.25) is 0 Å². The van der Waals surface area contributed by atoms with E-state index in [2.05, 4.69) is 50.8 Å². The van der Waals surface area contributed by atoms with Crippen LogP contribution < -0.4 is 0 Å². The lowest BCUT2D eigenvalue weighted by atomic mass is 10.1. The Hall–Kier alpha value is -1.04. The second kappa shape index (κ2) is 12.0. The Morgan fingerprint density at radius 2 is 1.56 bits per heavy atom. The van der Waals surface area contributed by atoms with E-state index in [-0.39, 0.29) is 0 Å². The molecule has 0 rings (SSSR count). The molecular formula is C16H26. The maximum Gasteiger partial charge on any atom is -0.0166 e. The van der Waals surface area contributed by atoms with E-state index >= 15 is 0 Å².